The summed E-state index contributed by atoms with van der Waals surface area (Å²) in [6, 6.07) is 11.9. The first-order valence-corrected chi connectivity index (χ1v) is 10.3. The number of fused-ring (bicyclic) bond motifs is 1. The lowest BCUT2D eigenvalue weighted by atomic mass is 10.1. The smallest absolute Gasteiger partial charge is 0.446 e. The Balaban J connectivity index is 1.30. The van der Waals surface area contributed by atoms with Crippen molar-refractivity contribution in [1.82, 2.24) is 9.80 Å². The highest BCUT2D eigenvalue weighted by Crippen LogP contribution is 2.36. The predicted octanol–water partition coefficient (Wildman–Crippen LogP) is 4.19. The Labute approximate surface area is 171 Å². The summed E-state index contributed by atoms with van der Waals surface area (Å²) < 4.78 is 42.8. The number of alkyl halides is 3. The van der Waals surface area contributed by atoms with Crippen molar-refractivity contribution < 1.29 is 22.7 Å². The first kappa shape index (κ1) is 20.1. The van der Waals surface area contributed by atoms with Crippen molar-refractivity contribution >= 4 is 17.7 Å². The third-order valence-electron chi connectivity index (χ3n) is 5.15. The van der Waals surface area contributed by atoms with Gasteiger partial charge in [-0.3, -0.25) is 9.69 Å². The maximum absolute atomic E-state index is 12.7. The van der Waals surface area contributed by atoms with Gasteiger partial charge in [0.15, 0.2) is 0 Å². The Kier molecular flexibility index (Phi) is 5.74. The van der Waals surface area contributed by atoms with Gasteiger partial charge in [-0.1, -0.05) is 12.1 Å². The molecule has 1 fully saturated rings. The molecular weight excluding hydrogens is 401 g/mol. The molecule has 0 radical (unpaired) electrons. The van der Waals surface area contributed by atoms with Gasteiger partial charge in [0.1, 0.15) is 5.75 Å². The van der Waals surface area contributed by atoms with Crippen LogP contribution in [0, 0.1) is 0 Å². The number of carbonyl (C=O) groups is 1. The highest BCUT2D eigenvalue weighted by molar-refractivity contribution is 8.00. The third-order valence-corrected chi connectivity index (χ3v) is 5.89. The normalized spacial score (nSPS) is 17.1. The molecule has 2 aliphatic heterocycles. The summed E-state index contributed by atoms with van der Waals surface area (Å²) >= 11 is -0.174. The molecule has 0 saturated carbocycles. The van der Waals surface area contributed by atoms with Crippen LogP contribution in [0.1, 0.15) is 21.5 Å². The number of ether oxygens (including phenoxy) is 1. The van der Waals surface area contributed by atoms with Crippen LogP contribution in [-0.4, -0.2) is 54.0 Å². The molecule has 2 aromatic carbocycles. The molecule has 2 aliphatic rings. The van der Waals surface area contributed by atoms with E-state index in [1.54, 1.807) is 4.90 Å². The van der Waals surface area contributed by atoms with E-state index in [1.165, 1.54) is 35.4 Å². The first-order chi connectivity index (χ1) is 13.9. The lowest BCUT2D eigenvalue weighted by Crippen LogP contribution is -2.48. The quantitative estimate of drug-likeness (QED) is 0.692. The molecule has 0 spiro atoms. The van der Waals surface area contributed by atoms with E-state index < -0.39 is 5.51 Å². The Morgan fingerprint density at radius 1 is 1.03 bits per heavy atom. The average molecular weight is 422 g/mol. The van der Waals surface area contributed by atoms with Crippen LogP contribution in [-0.2, 0) is 13.0 Å². The molecule has 0 aromatic heterocycles. The minimum absolute atomic E-state index is 0.0821. The Hall–Kier alpha value is -2.19. The van der Waals surface area contributed by atoms with Gasteiger partial charge in [0.2, 0.25) is 0 Å². The minimum atomic E-state index is -4.33. The number of benzene rings is 2. The van der Waals surface area contributed by atoms with Crippen LogP contribution in [0.25, 0.3) is 0 Å². The molecule has 4 nitrogen and oxygen atoms in total. The van der Waals surface area contributed by atoms with Crippen molar-refractivity contribution in [3.63, 3.8) is 0 Å². The van der Waals surface area contributed by atoms with Crippen molar-refractivity contribution in [3.05, 3.63) is 59.2 Å². The second kappa shape index (κ2) is 8.28. The molecular formula is C21H21F3N2O2S. The van der Waals surface area contributed by atoms with Gasteiger partial charge in [0, 0.05) is 49.6 Å². The lowest BCUT2D eigenvalue weighted by Gasteiger charge is -2.35. The Bertz CT molecular complexity index is 878. The standard InChI is InChI=1S/C21H21F3N2O2S/c22-21(23,24)29-18-4-2-16(3-5-18)20(27)26-10-8-25(9-11-26)14-15-1-6-19-17(13-15)7-12-28-19/h1-6,13H,7-12,14H2. The summed E-state index contributed by atoms with van der Waals surface area (Å²) in [6.45, 7) is 4.31. The second-order valence-electron chi connectivity index (χ2n) is 7.18. The zero-order valence-electron chi connectivity index (χ0n) is 15.7. The number of halogens is 3. The molecule has 0 atom stereocenters. The fraction of sp³-hybridized carbons (Fsp3) is 0.381. The first-order valence-electron chi connectivity index (χ1n) is 9.49. The predicted molar refractivity (Wildman–Crippen MR) is 105 cm³/mol. The van der Waals surface area contributed by atoms with Crippen molar-refractivity contribution in [2.75, 3.05) is 32.8 Å². The number of carbonyl (C=O) groups excluding carboxylic acids is 1. The largest absolute Gasteiger partial charge is 0.493 e. The molecule has 0 bridgehead atoms. The van der Waals surface area contributed by atoms with Gasteiger partial charge in [0.05, 0.1) is 6.61 Å². The summed E-state index contributed by atoms with van der Waals surface area (Å²) in [6.07, 6.45) is 0.950. The van der Waals surface area contributed by atoms with Crippen LogP contribution in [0.2, 0.25) is 0 Å². The number of thioether (sulfide) groups is 1. The molecule has 29 heavy (non-hydrogen) atoms. The zero-order chi connectivity index (χ0) is 20.4. The molecule has 0 unspecified atom stereocenters. The van der Waals surface area contributed by atoms with E-state index in [0.717, 1.165) is 38.4 Å². The van der Waals surface area contributed by atoms with Crippen molar-refractivity contribution in [1.29, 1.82) is 0 Å². The summed E-state index contributed by atoms with van der Waals surface area (Å²) in [7, 11) is 0. The molecule has 4 rings (SSSR count). The van der Waals surface area contributed by atoms with Crippen LogP contribution in [0.5, 0.6) is 5.75 Å². The lowest BCUT2D eigenvalue weighted by molar-refractivity contribution is -0.0328. The van der Waals surface area contributed by atoms with Gasteiger partial charge >= 0.3 is 5.51 Å². The number of nitrogens with zero attached hydrogens (tertiary/aromatic N) is 2. The van der Waals surface area contributed by atoms with Crippen LogP contribution >= 0.6 is 11.8 Å². The van der Waals surface area contributed by atoms with E-state index in [9.17, 15) is 18.0 Å². The van der Waals surface area contributed by atoms with Crippen molar-refractivity contribution in [3.8, 4) is 5.75 Å². The summed E-state index contributed by atoms with van der Waals surface area (Å²) in [5.41, 5.74) is -1.41. The zero-order valence-corrected chi connectivity index (χ0v) is 16.6. The fourth-order valence-corrected chi connectivity index (χ4v) is 4.23. The molecule has 1 amide bonds. The van der Waals surface area contributed by atoms with Crippen LogP contribution < -0.4 is 4.74 Å². The highest BCUT2D eigenvalue weighted by Gasteiger charge is 2.29. The van der Waals surface area contributed by atoms with Crippen molar-refractivity contribution in [2.24, 2.45) is 0 Å². The maximum Gasteiger partial charge on any atom is 0.446 e. The van der Waals surface area contributed by atoms with Gasteiger partial charge in [-0.05, 0) is 53.2 Å². The van der Waals surface area contributed by atoms with E-state index >= 15 is 0 Å². The summed E-state index contributed by atoms with van der Waals surface area (Å²) in [4.78, 5) is 16.8. The van der Waals surface area contributed by atoms with Crippen LogP contribution in [0.3, 0.4) is 0 Å². The summed E-state index contributed by atoms with van der Waals surface area (Å²) in [5.74, 6) is 0.840. The minimum Gasteiger partial charge on any atom is -0.493 e. The maximum atomic E-state index is 12.7. The van der Waals surface area contributed by atoms with Crippen LogP contribution in [0.4, 0.5) is 13.2 Å². The number of rotatable bonds is 4. The molecule has 154 valence electrons. The van der Waals surface area contributed by atoms with E-state index in [-0.39, 0.29) is 22.6 Å². The molecule has 0 aliphatic carbocycles. The van der Waals surface area contributed by atoms with Gasteiger partial charge in [-0.2, -0.15) is 13.2 Å². The van der Waals surface area contributed by atoms with Crippen LogP contribution in [0.15, 0.2) is 47.4 Å². The fourth-order valence-electron chi connectivity index (χ4n) is 3.69. The number of piperazine rings is 1. The Morgan fingerprint density at radius 3 is 2.45 bits per heavy atom. The van der Waals surface area contributed by atoms with E-state index in [1.807, 2.05) is 6.07 Å². The Morgan fingerprint density at radius 2 is 1.76 bits per heavy atom. The topological polar surface area (TPSA) is 32.8 Å². The van der Waals surface area contributed by atoms with Gasteiger partial charge in [-0.25, -0.2) is 0 Å². The van der Waals surface area contributed by atoms with E-state index in [4.69, 9.17) is 4.74 Å². The monoisotopic (exact) mass is 422 g/mol. The average Bonchev–Trinajstić information content (AvgIpc) is 3.15. The molecule has 2 heterocycles. The molecule has 8 heteroatoms. The summed E-state index contributed by atoms with van der Waals surface area (Å²) in [5, 5.41) is 0. The SMILES string of the molecule is O=C(c1ccc(SC(F)(F)F)cc1)N1CCN(Cc2ccc3c(c2)CCO3)CC1. The molecule has 0 N–H and O–H groups in total. The number of amides is 1. The van der Waals surface area contributed by atoms with E-state index in [0.29, 0.717) is 18.7 Å². The second-order valence-corrected chi connectivity index (χ2v) is 8.32. The van der Waals surface area contributed by atoms with Gasteiger partial charge in [0.25, 0.3) is 5.91 Å². The van der Waals surface area contributed by atoms with Crippen molar-refractivity contribution in [2.45, 2.75) is 23.4 Å². The number of hydrogen-bond acceptors (Lipinski definition) is 4. The van der Waals surface area contributed by atoms with E-state index in [2.05, 4.69) is 17.0 Å². The van der Waals surface area contributed by atoms with Gasteiger partial charge in [-0.15, -0.1) is 0 Å². The third kappa shape index (κ3) is 5.05. The molecule has 2 aromatic rings. The highest BCUT2D eigenvalue weighted by atomic mass is 32.2. The van der Waals surface area contributed by atoms with Gasteiger partial charge < -0.3 is 9.64 Å². The molecule has 1 saturated heterocycles. The number of hydrogen-bond donors (Lipinski definition) is 0.